The van der Waals surface area contributed by atoms with Gasteiger partial charge in [-0.3, -0.25) is 13.9 Å². The summed E-state index contributed by atoms with van der Waals surface area (Å²) in [5.41, 5.74) is 1.64. The van der Waals surface area contributed by atoms with Gasteiger partial charge in [-0.2, -0.15) is 0 Å². The van der Waals surface area contributed by atoms with Gasteiger partial charge in [0, 0.05) is 23.1 Å². The van der Waals surface area contributed by atoms with Gasteiger partial charge in [0.15, 0.2) is 0 Å². The Morgan fingerprint density at radius 3 is 2.27 bits per heavy atom. The summed E-state index contributed by atoms with van der Waals surface area (Å²) < 4.78 is 34.4. The second-order valence-corrected chi connectivity index (χ2v) is 11.8. The van der Waals surface area contributed by atoms with Crippen LogP contribution in [0.5, 0.6) is 5.75 Å². The van der Waals surface area contributed by atoms with Gasteiger partial charge in [-0.25, -0.2) is 8.42 Å². The third-order valence-electron chi connectivity index (χ3n) is 6.33. The number of anilines is 1. The number of carbonyl (C=O) groups excluding carboxylic acids is 2. The molecular weight excluding hydrogens is 573 g/mol. The first-order valence-corrected chi connectivity index (χ1v) is 15.0. The van der Waals surface area contributed by atoms with Crippen molar-refractivity contribution in [3.8, 4) is 5.75 Å². The fraction of sp³-hybridized carbons (Fsp3) is 0.310. The van der Waals surface area contributed by atoms with Crippen LogP contribution in [-0.4, -0.2) is 51.4 Å². The third-order valence-corrected chi connectivity index (χ3v) is 8.70. The van der Waals surface area contributed by atoms with Gasteiger partial charge < -0.3 is 15.0 Å². The highest BCUT2D eigenvalue weighted by Gasteiger charge is 2.34. The number of ether oxygens (including phenoxy) is 1. The van der Waals surface area contributed by atoms with Gasteiger partial charge in [0.25, 0.3) is 10.0 Å². The number of amides is 2. The van der Waals surface area contributed by atoms with Crippen LogP contribution >= 0.6 is 23.2 Å². The first-order valence-electron chi connectivity index (χ1n) is 12.8. The van der Waals surface area contributed by atoms with E-state index in [4.69, 9.17) is 27.9 Å². The molecule has 0 saturated carbocycles. The fourth-order valence-electron chi connectivity index (χ4n) is 4.23. The molecule has 3 aromatic carbocycles. The SMILES string of the molecule is CCNC(=O)[C@H](CC)N(Cc1ccc(Cl)cc1Cl)C(=O)CN(c1ccccc1OC)S(=O)(=O)c1ccc(C)cc1. The van der Waals surface area contributed by atoms with Crippen molar-refractivity contribution in [3.05, 3.63) is 87.9 Å². The number of benzene rings is 3. The lowest BCUT2D eigenvalue weighted by atomic mass is 10.1. The predicted octanol–water partition coefficient (Wildman–Crippen LogP) is 5.45. The highest BCUT2D eigenvalue weighted by atomic mass is 35.5. The number of hydrogen-bond acceptors (Lipinski definition) is 5. The molecule has 0 unspecified atom stereocenters. The summed E-state index contributed by atoms with van der Waals surface area (Å²) in [5.74, 6) is -0.673. The molecule has 0 saturated heterocycles. The highest BCUT2D eigenvalue weighted by Crippen LogP contribution is 2.33. The molecule has 40 heavy (non-hydrogen) atoms. The van der Waals surface area contributed by atoms with Crippen LogP contribution in [0.15, 0.2) is 71.6 Å². The maximum atomic E-state index is 14.1. The smallest absolute Gasteiger partial charge is 0.264 e. The first kappa shape index (κ1) is 31.3. The minimum atomic E-state index is -4.22. The summed E-state index contributed by atoms with van der Waals surface area (Å²) in [4.78, 5) is 28.5. The molecule has 1 N–H and O–H groups in total. The quantitative estimate of drug-likeness (QED) is 0.296. The molecule has 0 bridgehead atoms. The number of sulfonamides is 1. The second kappa shape index (κ2) is 13.9. The summed E-state index contributed by atoms with van der Waals surface area (Å²) in [5, 5.41) is 3.52. The van der Waals surface area contributed by atoms with Crippen molar-refractivity contribution in [3.63, 3.8) is 0 Å². The molecule has 0 aliphatic heterocycles. The van der Waals surface area contributed by atoms with Crippen LogP contribution in [0.2, 0.25) is 10.0 Å². The Balaban J connectivity index is 2.12. The predicted molar refractivity (Wildman–Crippen MR) is 158 cm³/mol. The van der Waals surface area contributed by atoms with Crippen molar-refractivity contribution in [2.75, 3.05) is 24.5 Å². The van der Waals surface area contributed by atoms with E-state index in [0.29, 0.717) is 28.6 Å². The van der Waals surface area contributed by atoms with Gasteiger partial charge in [0.2, 0.25) is 11.8 Å². The Labute approximate surface area is 245 Å². The monoisotopic (exact) mass is 605 g/mol. The van der Waals surface area contributed by atoms with Crippen molar-refractivity contribution in [1.82, 2.24) is 10.2 Å². The minimum absolute atomic E-state index is 0.0138. The Hall–Kier alpha value is -3.27. The van der Waals surface area contributed by atoms with Crippen molar-refractivity contribution < 1.29 is 22.7 Å². The number of carbonyl (C=O) groups is 2. The molecule has 11 heteroatoms. The average molecular weight is 607 g/mol. The number of nitrogens with one attached hydrogen (secondary N) is 1. The Morgan fingerprint density at radius 2 is 1.68 bits per heavy atom. The number of rotatable bonds is 12. The van der Waals surface area contributed by atoms with Gasteiger partial charge in [0.1, 0.15) is 18.3 Å². The normalized spacial score (nSPS) is 11.9. The van der Waals surface area contributed by atoms with E-state index in [-0.39, 0.29) is 28.8 Å². The van der Waals surface area contributed by atoms with Crippen molar-refractivity contribution in [1.29, 1.82) is 0 Å². The standard InChI is InChI=1S/C29H33Cl2N3O5S/c1-5-25(29(36)32-6-2)33(18-21-13-14-22(30)17-24(21)31)28(35)19-34(26-9-7-8-10-27(26)39-4)40(37,38)23-15-11-20(3)12-16-23/h7-17,25H,5-6,18-19H2,1-4H3,(H,32,36)/t25-/m0/s1. The van der Waals surface area contributed by atoms with Gasteiger partial charge in [-0.1, -0.05) is 66.0 Å². The molecule has 2 amide bonds. The van der Waals surface area contributed by atoms with E-state index in [9.17, 15) is 18.0 Å². The third kappa shape index (κ3) is 7.27. The lowest BCUT2D eigenvalue weighted by Gasteiger charge is -2.33. The molecule has 214 valence electrons. The van der Waals surface area contributed by atoms with Gasteiger partial charge in [0.05, 0.1) is 17.7 Å². The zero-order valence-electron chi connectivity index (χ0n) is 22.9. The number of hydrogen-bond donors (Lipinski definition) is 1. The van der Waals surface area contributed by atoms with Gasteiger partial charge >= 0.3 is 0 Å². The van der Waals surface area contributed by atoms with E-state index >= 15 is 0 Å². The van der Waals surface area contributed by atoms with Gasteiger partial charge in [-0.05, 0) is 62.2 Å². The number of methoxy groups -OCH3 is 1. The maximum absolute atomic E-state index is 14.1. The zero-order valence-corrected chi connectivity index (χ0v) is 25.2. The highest BCUT2D eigenvalue weighted by molar-refractivity contribution is 7.92. The van der Waals surface area contributed by atoms with E-state index in [1.807, 2.05) is 6.92 Å². The molecule has 0 heterocycles. The molecule has 0 aromatic heterocycles. The number of para-hydroxylation sites is 2. The molecule has 0 radical (unpaired) electrons. The van der Waals surface area contributed by atoms with Crippen molar-refractivity contribution in [2.45, 2.75) is 44.7 Å². The van der Waals surface area contributed by atoms with E-state index in [1.165, 1.54) is 24.1 Å². The molecule has 0 aliphatic carbocycles. The number of likely N-dealkylation sites (N-methyl/N-ethyl adjacent to an activating group) is 1. The van der Waals surface area contributed by atoms with E-state index in [2.05, 4.69) is 5.32 Å². The Morgan fingerprint density at radius 1 is 1.00 bits per heavy atom. The Bertz CT molecular complexity index is 1450. The van der Waals surface area contributed by atoms with Gasteiger partial charge in [-0.15, -0.1) is 0 Å². The summed E-state index contributed by atoms with van der Waals surface area (Å²) in [6.07, 6.45) is 0.294. The van der Waals surface area contributed by atoms with Crippen LogP contribution in [0.4, 0.5) is 5.69 Å². The topological polar surface area (TPSA) is 96.0 Å². The lowest BCUT2D eigenvalue weighted by Crippen LogP contribution is -2.52. The summed E-state index contributed by atoms with van der Waals surface area (Å²) in [6, 6.07) is 16.9. The van der Waals surface area contributed by atoms with Crippen LogP contribution < -0.4 is 14.4 Å². The van der Waals surface area contributed by atoms with Crippen molar-refractivity contribution in [2.24, 2.45) is 0 Å². The van der Waals surface area contributed by atoms with Crippen LogP contribution in [0.1, 0.15) is 31.4 Å². The maximum Gasteiger partial charge on any atom is 0.264 e. The van der Waals surface area contributed by atoms with Crippen LogP contribution in [0.25, 0.3) is 0 Å². The molecule has 3 aromatic rings. The summed E-state index contributed by atoms with van der Waals surface area (Å²) >= 11 is 12.5. The molecule has 0 aliphatic rings. The molecular formula is C29H33Cl2N3O5S. The molecule has 8 nitrogen and oxygen atoms in total. The minimum Gasteiger partial charge on any atom is -0.495 e. The number of nitrogens with zero attached hydrogens (tertiary/aromatic N) is 2. The summed E-state index contributed by atoms with van der Waals surface area (Å²) in [7, 11) is -2.79. The Kier molecular flexibility index (Phi) is 10.8. The van der Waals surface area contributed by atoms with Crippen LogP contribution in [-0.2, 0) is 26.2 Å². The van der Waals surface area contributed by atoms with E-state index < -0.39 is 28.5 Å². The van der Waals surface area contributed by atoms with Crippen LogP contribution in [0, 0.1) is 6.92 Å². The average Bonchev–Trinajstić information content (AvgIpc) is 2.93. The summed E-state index contributed by atoms with van der Waals surface area (Å²) in [6.45, 7) is 5.17. The largest absolute Gasteiger partial charge is 0.495 e. The number of aryl methyl sites for hydroxylation is 1. The van der Waals surface area contributed by atoms with E-state index in [0.717, 1.165) is 9.87 Å². The molecule has 1 atom stereocenters. The second-order valence-electron chi connectivity index (χ2n) is 9.07. The molecule has 0 fully saturated rings. The lowest BCUT2D eigenvalue weighted by molar-refractivity contribution is -0.140. The van der Waals surface area contributed by atoms with Crippen LogP contribution in [0.3, 0.4) is 0 Å². The first-order chi connectivity index (χ1) is 19.0. The molecule has 3 rings (SSSR count). The van der Waals surface area contributed by atoms with E-state index in [1.54, 1.807) is 68.4 Å². The fourth-order valence-corrected chi connectivity index (χ4v) is 6.12. The zero-order chi connectivity index (χ0) is 29.4. The molecule has 0 spiro atoms. The van der Waals surface area contributed by atoms with Crippen molar-refractivity contribution >= 4 is 50.7 Å². The number of halogens is 2.